The zero-order chi connectivity index (χ0) is 24.3. The zero-order valence-corrected chi connectivity index (χ0v) is 19.6. The lowest BCUT2D eigenvalue weighted by Gasteiger charge is -2.70. The van der Waals surface area contributed by atoms with E-state index < -0.39 is 0 Å². The summed E-state index contributed by atoms with van der Waals surface area (Å²) in [5.74, 6) is -0.552. The first-order valence-corrected chi connectivity index (χ1v) is 11.4. The van der Waals surface area contributed by atoms with Gasteiger partial charge in [0.2, 0.25) is 0 Å². The van der Waals surface area contributed by atoms with Gasteiger partial charge in [0.15, 0.2) is 23.6 Å². The van der Waals surface area contributed by atoms with Crippen molar-refractivity contribution in [2.75, 3.05) is 6.61 Å². The maximum atomic E-state index is 13.6. The summed E-state index contributed by atoms with van der Waals surface area (Å²) < 4.78 is 24.7. The summed E-state index contributed by atoms with van der Waals surface area (Å²) in [5.41, 5.74) is 0.795. The molecular weight excluding hydrogens is 461 g/mol. The van der Waals surface area contributed by atoms with Gasteiger partial charge < -0.3 is 14.5 Å². The smallest absolute Gasteiger partial charge is 0.258 e. The van der Waals surface area contributed by atoms with E-state index in [2.05, 4.69) is 5.32 Å². The summed E-state index contributed by atoms with van der Waals surface area (Å²) in [6.07, 6.45) is 2.31. The fourth-order valence-electron chi connectivity index (χ4n) is 5.30. The monoisotopic (exact) mass is 483 g/mol. The molecule has 1 amide bonds. The van der Waals surface area contributed by atoms with Gasteiger partial charge in [0.1, 0.15) is 17.1 Å². The van der Waals surface area contributed by atoms with Crippen LogP contribution in [0.3, 0.4) is 0 Å². The molecule has 0 saturated heterocycles. The van der Waals surface area contributed by atoms with Crippen LogP contribution >= 0.6 is 11.6 Å². The maximum Gasteiger partial charge on any atom is 0.258 e. The second kappa shape index (κ2) is 7.94. The van der Waals surface area contributed by atoms with E-state index in [0.29, 0.717) is 46.6 Å². The highest BCUT2D eigenvalue weighted by Gasteiger charge is 2.68. The fourth-order valence-corrected chi connectivity index (χ4v) is 5.47. The maximum absolute atomic E-state index is 13.6. The van der Waals surface area contributed by atoms with Crippen molar-refractivity contribution >= 4 is 34.3 Å². The van der Waals surface area contributed by atoms with Gasteiger partial charge in [-0.05, 0) is 67.9 Å². The lowest BCUT2D eigenvalue weighted by atomic mass is 9.38. The van der Waals surface area contributed by atoms with Gasteiger partial charge in [0.05, 0.1) is 5.39 Å². The minimum Gasteiger partial charge on any atom is -0.484 e. The SMILES string of the molecule is Cc1ccc(OCC(=O)NC23CC(CC(=O)c4cc(=O)c5cc(Cl)c(C)cc5o4)(C2)C3)cc1F. The number of carbonyl (C=O) groups excluding carboxylic acids is 2. The van der Waals surface area contributed by atoms with Crippen LogP contribution in [0.25, 0.3) is 11.0 Å². The van der Waals surface area contributed by atoms with Crippen LogP contribution in [-0.4, -0.2) is 23.8 Å². The number of aryl methyl sites for hydroxylation is 2. The summed E-state index contributed by atoms with van der Waals surface area (Å²) in [4.78, 5) is 37.6. The first-order valence-electron chi connectivity index (χ1n) is 11.0. The second-order valence-corrected chi connectivity index (χ2v) is 10.1. The molecule has 2 aromatic carbocycles. The Morgan fingerprint density at radius 1 is 1.12 bits per heavy atom. The Bertz CT molecular complexity index is 1390. The van der Waals surface area contributed by atoms with E-state index in [1.807, 2.05) is 0 Å². The number of halogens is 2. The van der Waals surface area contributed by atoms with Gasteiger partial charge in [-0.25, -0.2) is 4.39 Å². The lowest BCUT2D eigenvalue weighted by molar-refractivity contribution is -0.164. The Morgan fingerprint density at radius 3 is 2.56 bits per heavy atom. The zero-order valence-electron chi connectivity index (χ0n) is 18.8. The number of ketones is 1. The average Bonchev–Trinajstić information content (AvgIpc) is 2.73. The van der Waals surface area contributed by atoms with Crippen LogP contribution in [0.15, 0.2) is 45.6 Å². The standard InChI is InChI=1S/C26H23ClFNO5/c1-14-3-4-16(6-19(14)28)33-10-24(32)29-26-11-25(12-26,13-26)9-21(31)23-8-20(30)17-7-18(27)15(2)5-22(17)34-23/h3-8H,9-13H2,1-2H3,(H,29,32). The minimum absolute atomic E-state index is 0.0424. The molecule has 0 aliphatic heterocycles. The summed E-state index contributed by atoms with van der Waals surface area (Å²) in [7, 11) is 0. The molecule has 3 fully saturated rings. The normalized spacial score (nSPS) is 22.6. The van der Waals surface area contributed by atoms with Crippen LogP contribution in [0, 0.1) is 25.1 Å². The molecule has 1 heterocycles. The summed E-state index contributed by atoms with van der Waals surface area (Å²) >= 11 is 6.09. The molecule has 3 aliphatic carbocycles. The molecule has 8 heteroatoms. The van der Waals surface area contributed by atoms with Crippen LogP contribution in [0.2, 0.25) is 5.02 Å². The summed E-state index contributed by atoms with van der Waals surface area (Å²) in [6.45, 7) is 3.25. The molecular formula is C26H23ClFNO5. The third-order valence-electron chi connectivity index (χ3n) is 6.88. The molecule has 0 radical (unpaired) electrons. The van der Waals surface area contributed by atoms with Crippen LogP contribution in [0.5, 0.6) is 5.75 Å². The molecule has 3 aliphatic rings. The number of Topliss-reactive ketones (excluding diaryl/α,β-unsaturated/α-hetero) is 1. The van der Waals surface area contributed by atoms with Crippen LogP contribution in [0.1, 0.15) is 47.4 Å². The molecule has 1 aromatic heterocycles. The Balaban J connectivity index is 1.17. The van der Waals surface area contributed by atoms with Gasteiger partial charge in [-0.1, -0.05) is 17.7 Å². The number of benzene rings is 2. The first-order chi connectivity index (χ1) is 16.1. The fraction of sp³-hybridized carbons (Fsp3) is 0.346. The number of rotatable bonds is 7. The number of fused-ring (bicyclic) bond motifs is 1. The van der Waals surface area contributed by atoms with Crippen LogP contribution in [-0.2, 0) is 4.79 Å². The molecule has 3 aromatic rings. The Morgan fingerprint density at radius 2 is 1.85 bits per heavy atom. The first kappa shape index (κ1) is 22.6. The van der Waals surface area contributed by atoms with Gasteiger partial charge in [-0.15, -0.1) is 0 Å². The number of carbonyl (C=O) groups is 2. The van der Waals surface area contributed by atoms with Gasteiger partial charge in [0.25, 0.3) is 5.91 Å². The predicted molar refractivity (Wildman–Crippen MR) is 125 cm³/mol. The van der Waals surface area contributed by atoms with E-state index in [9.17, 15) is 18.8 Å². The number of ether oxygens (including phenoxy) is 1. The molecule has 0 spiro atoms. The van der Waals surface area contributed by atoms with E-state index in [-0.39, 0.29) is 52.7 Å². The van der Waals surface area contributed by atoms with Gasteiger partial charge >= 0.3 is 0 Å². The summed E-state index contributed by atoms with van der Waals surface area (Å²) in [5, 5.41) is 3.79. The number of hydrogen-bond acceptors (Lipinski definition) is 5. The molecule has 6 rings (SSSR count). The number of hydrogen-bond donors (Lipinski definition) is 1. The third kappa shape index (κ3) is 3.98. The molecule has 3 saturated carbocycles. The van der Waals surface area contributed by atoms with Crippen molar-refractivity contribution in [2.24, 2.45) is 5.41 Å². The van der Waals surface area contributed by atoms with E-state index in [4.69, 9.17) is 20.8 Å². The van der Waals surface area contributed by atoms with Gasteiger partial charge in [0, 0.05) is 29.1 Å². The van der Waals surface area contributed by atoms with Crippen molar-refractivity contribution < 1.29 is 23.1 Å². The Labute approximate surface area is 200 Å². The highest BCUT2D eigenvalue weighted by molar-refractivity contribution is 6.32. The van der Waals surface area contributed by atoms with Crippen molar-refractivity contribution in [2.45, 2.75) is 45.1 Å². The molecule has 0 atom stereocenters. The van der Waals surface area contributed by atoms with Crippen molar-refractivity contribution in [3.05, 3.63) is 74.3 Å². The summed E-state index contributed by atoms with van der Waals surface area (Å²) in [6, 6.07) is 8.91. The molecule has 6 nitrogen and oxygen atoms in total. The minimum atomic E-state index is -0.384. The topological polar surface area (TPSA) is 85.6 Å². The molecule has 1 N–H and O–H groups in total. The molecule has 2 bridgehead atoms. The van der Waals surface area contributed by atoms with Gasteiger partial charge in [-0.3, -0.25) is 14.4 Å². The molecule has 0 unspecified atom stereocenters. The van der Waals surface area contributed by atoms with Crippen LogP contribution in [0.4, 0.5) is 4.39 Å². The number of amides is 1. The highest BCUT2D eigenvalue weighted by Crippen LogP contribution is 2.69. The van der Waals surface area contributed by atoms with Crippen LogP contribution < -0.4 is 15.5 Å². The molecule has 176 valence electrons. The quantitative estimate of drug-likeness (QED) is 0.483. The van der Waals surface area contributed by atoms with Crippen molar-refractivity contribution in [1.29, 1.82) is 0 Å². The largest absolute Gasteiger partial charge is 0.484 e. The molecule has 34 heavy (non-hydrogen) atoms. The third-order valence-corrected chi connectivity index (χ3v) is 7.28. The Hall–Kier alpha value is -3.19. The second-order valence-electron chi connectivity index (χ2n) is 9.73. The average molecular weight is 484 g/mol. The van der Waals surface area contributed by atoms with E-state index in [1.165, 1.54) is 12.1 Å². The Kier molecular flexibility index (Phi) is 5.28. The number of nitrogens with one attached hydrogen (secondary N) is 1. The lowest BCUT2D eigenvalue weighted by Crippen LogP contribution is -2.75. The van der Waals surface area contributed by atoms with E-state index >= 15 is 0 Å². The van der Waals surface area contributed by atoms with E-state index in [0.717, 1.165) is 5.56 Å². The van der Waals surface area contributed by atoms with Crippen molar-refractivity contribution in [1.82, 2.24) is 5.32 Å². The van der Waals surface area contributed by atoms with E-state index in [1.54, 1.807) is 38.1 Å². The highest BCUT2D eigenvalue weighted by atomic mass is 35.5. The van der Waals surface area contributed by atoms with Gasteiger partial charge in [-0.2, -0.15) is 0 Å². The van der Waals surface area contributed by atoms with Crippen molar-refractivity contribution in [3.8, 4) is 5.75 Å². The van der Waals surface area contributed by atoms with Crippen molar-refractivity contribution in [3.63, 3.8) is 0 Å². The predicted octanol–water partition coefficient (Wildman–Crippen LogP) is 4.89.